The zero-order valence-corrected chi connectivity index (χ0v) is 12.2. The first-order chi connectivity index (χ1) is 9.72. The van der Waals surface area contributed by atoms with Gasteiger partial charge in [0.2, 0.25) is 0 Å². The number of methoxy groups -OCH3 is 1. The molecule has 0 aliphatic carbocycles. The zero-order valence-electron chi connectivity index (χ0n) is 12.2. The molecule has 1 aromatic rings. The number of amides is 1. The lowest BCUT2D eigenvalue weighted by molar-refractivity contribution is 0.0778. The highest BCUT2D eigenvalue weighted by molar-refractivity contribution is 5.67. The molecule has 0 N–H and O–H groups in total. The van der Waals surface area contributed by atoms with Crippen LogP contribution >= 0.6 is 0 Å². The third-order valence-corrected chi connectivity index (χ3v) is 3.46. The number of carbonyl (C=O) groups is 1. The highest BCUT2D eigenvalue weighted by Gasteiger charge is 2.21. The number of benzene rings is 1. The molecule has 2 rings (SSSR count). The van der Waals surface area contributed by atoms with Crippen LogP contribution in [-0.4, -0.2) is 55.8 Å². The summed E-state index contributed by atoms with van der Waals surface area (Å²) in [7, 11) is 1.67. The molecule has 1 aromatic carbocycles. The minimum Gasteiger partial charge on any atom is -0.497 e. The van der Waals surface area contributed by atoms with Crippen LogP contribution in [0.15, 0.2) is 24.3 Å². The number of rotatable bonds is 4. The Labute approximate surface area is 120 Å². The van der Waals surface area contributed by atoms with Crippen LogP contribution in [0.4, 0.5) is 4.79 Å². The maximum atomic E-state index is 11.6. The van der Waals surface area contributed by atoms with E-state index in [9.17, 15) is 4.79 Å². The van der Waals surface area contributed by atoms with Crippen molar-refractivity contribution in [2.75, 3.05) is 39.9 Å². The molecule has 0 spiro atoms. The average molecular weight is 278 g/mol. The van der Waals surface area contributed by atoms with Crippen molar-refractivity contribution in [2.24, 2.45) is 0 Å². The lowest BCUT2D eigenvalue weighted by Gasteiger charge is -2.34. The maximum absolute atomic E-state index is 11.6. The monoisotopic (exact) mass is 278 g/mol. The van der Waals surface area contributed by atoms with Gasteiger partial charge in [-0.1, -0.05) is 12.1 Å². The first-order valence-corrected chi connectivity index (χ1v) is 7.00. The number of hydrogen-bond donors (Lipinski definition) is 0. The van der Waals surface area contributed by atoms with E-state index in [0.29, 0.717) is 6.61 Å². The molecular formula is C15H22N2O3. The fourth-order valence-electron chi connectivity index (χ4n) is 2.29. The summed E-state index contributed by atoms with van der Waals surface area (Å²) < 4.78 is 10.2. The van der Waals surface area contributed by atoms with Crippen LogP contribution in [0.1, 0.15) is 12.5 Å². The molecule has 110 valence electrons. The topological polar surface area (TPSA) is 42.0 Å². The van der Waals surface area contributed by atoms with Crippen LogP contribution < -0.4 is 4.74 Å². The van der Waals surface area contributed by atoms with Crippen molar-refractivity contribution in [3.63, 3.8) is 0 Å². The second-order valence-electron chi connectivity index (χ2n) is 4.81. The molecule has 0 bridgehead atoms. The van der Waals surface area contributed by atoms with Gasteiger partial charge >= 0.3 is 6.09 Å². The van der Waals surface area contributed by atoms with Gasteiger partial charge < -0.3 is 14.4 Å². The molecule has 20 heavy (non-hydrogen) atoms. The number of ether oxygens (including phenoxy) is 2. The van der Waals surface area contributed by atoms with Crippen LogP contribution in [0.3, 0.4) is 0 Å². The quantitative estimate of drug-likeness (QED) is 0.844. The first kappa shape index (κ1) is 14.7. The second-order valence-corrected chi connectivity index (χ2v) is 4.81. The summed E-state index contributed by atoms with van der Waals surface area (Å²) in [4.78, 5) is 15.7. The van der Waals surface area contributed by atoms with Gasteiger partial charge in [-0.3, -0.25) is 4.90 Å². The molecule has 0 unspecified atom stereocenters. The predicted octanol–water partition coefficient (Wildman–Crippen LogP) is 1.97. The minimum absolute atomic E-state index is 0.198. The third kappa shape index (κ3) is 3.87. The molecule has 0 radical (unpaired) electrons. The Morgan fingerprint density at radius 2 is 1.80 bits per heavy atom. The molecule has 1 aliphatic rings. The average Bonchev–Trinajstić information content (AvgIpc) is 2.49. The van der Waals surface area contributed by atoms with Crippen molar-refractivity contribution in [3.05, 3.63) is 29.8 Å². The molecule has 1 aliphatic heterocycles. The summed E-state index contributed by atoms with van der Waals surface area (Å²) in [5.74, 6) is 0.876. The number of nitrogens with zero attached hydrogens (tertiary/aromatic N) is 2. The van der Waals surface area contributed by atoms with E-state index in [1.807, 2.05) is 19.1 Å². The van der Waals surface area contributed by atoms with E-state index in [-0.39, 0.29) is 6.09 Å². The molecule has 1 saturated heterocycles. The van der Waals surface area contributed by atoms with Crippen molar-refractivity contribution >= 4 is 6.09 Å². The number of carbonyl (C=O) groups excluding carboxylic acids is 1. The molecule has 5 nitrogen and oxygen atoms in total. The van der Waals surface area contributed by atoms with E-state index in [1.165, 1.54) is 5.56 Å². The van der Waals surface area contributed by atoms with Gasteiger partial charge in [0.1, 0.15) is 5.75 Å². The Balaban J connectivity index is 1.80. The summed E-state index contributed by atoms with van der Waals surface area (Å²) in [6.45, 7) is 6.39. The summed E-state index contributed by atoms with van der Waals surface area (Å²) in [6.07, 6.45) is -0.198. The van der Waals surface area contributed by atoms with Gasteiger partial charge in [-0.2, -0.15) is 0 Å². The standard InChI is InChI=1S/C15H22N2O3/c1-3-20-15(18)17-10-8-16(9-11-17)12-13-4-6-14(19-2)7-5-13/h4-7H,3,8-12H2,1-2H3. The summed E-state index contributed by atoms with van der Waals surface area (Å²) in [6, 6.07) is 8.11. The van der Waals surface area contributed by atoms with Crippen LogP contribution in [0.2, 0.25) is 0 Å². The van der Waals surface area contributed by atoms with Gasteiger partial charge in [0.15, 0.2) is 0 Å². The summed E-state index contributed by atoms with van der Waals surface area (Å²) >= 11 is 0. The van der Waals surface area contributed by atoms with Gasteiger partial charge in [0, 0.05) is 32.7 Å². The van der Waals surface area contributed by atoms with E-state index in [1.54, 1.807) is 12.0 Å². The van der Waals surface area contributed by atoms with Crippen molar-refractivity contribution < 1.29 is 14.3 Å². The van der Waals surface area contributed by atoms with Crippen molar-refractivity contribution in [1.29, 1.82) is 0 Å². The minimum atomic E-state index is -0.198. The fourth-order valence-corrected chi connectivity index (χ4v) is 2.29. The van der Waals surface area contributed by atoms with Crippen molar-refractivity contribution in [2.45, 2.75) is 13.5 Å². The predicted molar refractivity (Wildman–Crippen MR) is 76.9 cm³/mol. The highest BCUT2D eigenvalue weighted by atomic mass is 16.6. The Kier molecular flexibility index (Phi) is 5.24. The molecule has 0 atom stereocenters. The largest absolute Gasteiger partial charge is 0.497 e. The second kappa shape index (κ2) is 7.14. The normalized spacial score (nSPS) is 16.0. The Morgan fingerprint density at radius 1 is 1.15 bits per heavy atom. The van der Waals surface area contributed by atoms with Gasteiger partial charge in [0.25, 0.3) is 0 Å². The lowest BCUT2D eigenvalue weighted by Crippen LogP contribution is -2.48. The van der Waals surface area contributed by atoms with Gasteiger partial charge in [-0.05, 0) is 24.6 Å². The molecular weight excluding hydrogens is 256 g/mol. The van der Waals surface area contributed by atoms with Crippen LogP contribution in [0.5, 0.6) is 5.75 Å². The molecule has 1 heterocycles. The number of piperazine rings is 1. The van der Waals surface area contributed by atoms with E-state index < -0.39 is 0 Å². The van der Waals surface area contributed by atoms with E-state index >= 15 is 0 Å². The van der Waals surface area contributed by atoms with Crippen LogP contribution in [-0.2, 0) is 11.3 Å². The van der Waals surface area contributed by atoms with Crippen molar-refractivity contribution in [1.82, 2.24) is 9.80 Å². The van der Waals surface area contributed by atoms with Gasteiger partial charge in [0.05, 0.1) is 13.7 Å². The Morgan fingerprint density at radius 3 is 2.35 bits per heavy atom. The van der Waals surface area contributed by atoms with E-state index in [4.69, 9.17) is 9.47 Å². The first-order valence-electron chi connectivity index (χ1n) is 7.00. The van der Waals surface area contributed by atoms with E-state index in [2.05, 4.69) is 17.0 Å². The summed E-state index contributed by atoms with van der Waals surface area (Å²) in [5.41, 5.74) is 1.26. The molecule has 5 heteroatoms. The van der Waals surface area contributed by atoms with Crippen LogP contribution in [0.25, 0.3) is 0 Å². The number of hydrogen-bond acceptors (Lipinski definition) is 4. The molecule has 1 amide bonds. The maximum Gasteiger partial charge on any atom is 0.409 e. The molecule has 0 aromatic heterocycles. The lowest BCUT2D eigenvalue weighted by atomic mass is 10.2. The summed E-state index contributed by atoms with van der Waals surface area (Å²) in [5, 5.41) is 0. The van der Waals surface area contributed by atoms with Gasteiger partial charge in [-0.15, -0.1) is 0 Å². The SMILES string of the molecule is CCOC(=O)N1CCN(Cc2ccc(OC)cc2)CC1. The Bertz CT molecular complexity index is 425. The third-order valence-electron chi connectivity index (χ3n) is 3.46. The smallest absolute Gasteiger partial charge is 0.409 e. The van der Waals surface area contributed by atoms with Gasteiger partial charge in [-0.25, -0.2) is 4.79 Å². The molecule has 0 saturated carbocycles. The fraction of sp³-hybridized carbons (Fsp3) is 0.533. The highest BCUT2D eigenvalue weighted by Crippen LogP contribution is 2.14. The van der Waals surface area contributed by atoms with Crippen molar-refractivity contribution in [3.8, 4) is 5.75 Å². The van der Waals surface area contributed by atoms with E-state index in [0.717, 1.165) is 38.5 Å². The zero-order chi connectivity index (χ0) is 14.4. The van der Waals surface area contributed by atoms with Crippen LogP contribution in [0, 0.1) is 0 Å². The Hall–Kier alpha value is -1.75. The molecule has 1 fully saturated rings.